The van der Waals surface area contributed by atoms with Crippen molar-refractivity contribution in [2.75, 3.05) is 26.7 Å². The van der Waals surface area contributed by atoms with Gasteiger partial charge in [0.15, 0.2) is 0 Å². The molecule has 100 valence electrons. The molecule has 0 saturated carbocycles. The number of carbonyl (C=O) groups excluding carboxylic acids is 1. The summed E-state index contributed by atoms with van der Waals surface area (Å²) in [6.07, 6.45) is 0. The van der Waals surface area contributed by atoms with Crippen LogP contribution >= 0.6 is 11.6 Å². The molecule has 1 rings (SSSR count). The van der Waals surface area contributed by atoms with Crippen molar-refractivity contribution in [1.82, 2.24) is 10.6 Å². The summed E-state index contributed by atoms with van der Waals surface area (Å²) in [4.78, 5) is 11.6. The van der Waals surface area contributed by atoms with Crippen LogP contribution in [0.1, 0.15) is 6.92 Å². The second kappa shape index (κ2) is 7.95. The summed E-state index contributed by atoms with van der Waals surface area (Å²) < 4.78 is 5.46. The Hall–Kier alpha value is -1.26. The highest BCUT2D eigenvalue weighted by Crippen LogP contribution is 2.15. The predicted octanol–water partition coefficient (Wildman–Crippen LogP) is 1.69. The Morgan fingerprint density at radius 3 is 2.67 bits per heavy atom. The molecule has 5 heteroatoms. The third-order valence-electron chi connectivity index (χ3n) is 2.44. The Balaban J connectivity index is 2.18. The van der Waals surface area contributed by atoms with Gasteiger partial charge in [0, 0.05) is 17.5 Å². The van der Waals surface area contributed by atoms with Gasteiger partial charge in [0.2, 0.25) is 5.91 Å². The number of hydrogen-bond donors (Lipinski definition) is 2. The zero-order chi connectivity index (χ0) is 13.4. The van der Waals surface area contributed by atoms with Crippen LogP contribution in [0.3, 0.4) is 0 Å². The van der Waals surface area contributed by atoms with Crippen molar-refractivity contribution >= 4 is 17.5 Å². The van der Waals surface area contributed by atoms with E-state index >= 15 is 0 Å². The zero-order valence-corrected chi connectivity index (χ0v) is 11.5. The summed E-state index contributed by atoms with van der Waals surface area (Å²) >= 11 is 5.76. The van der Waals surface area contributed by atoms with Gasteiger partial charge in [0.05, 0.1) is 6.54 Å². The topological polar surface area (TPSA) is 50.4 Å². The van der Waals surface area contributed by atoms with E-state index in [0.29, 0.717) is 24.7 Å². The van der Waals surface area contributed by atoms with E-state index in [9.17, 15) is 4.79 Å². The molecule has 0 bridgehead atoms. The van der Waals surface area contributed by atoms with Gasteiger partial charge in [-0.25, -0.2) is 0 Å². The smallest absolute Gasteiger partial charge is 0.224 e. The third-order valence-corrected chi connectivity index (χ3v) is 2.69. The predicted molar refractivity (Wildman–Crippen MR) is 73.0 cm³/mol. The first-order valence-electron chi connectivity index (χ1n) is 5.94. The molecule has 1 atom stereocenters. The van der Waals surface area contributed by atoms with Gasteiger partial charge in [-0.3, -0.25) is 4.79 Å². The summed E-state index contributed by atoms with van der Waals surface area (Å²) in [5.74, 6) is 0.742. The summed E-state index contributed by atoms with van der Waals surface area (Å²) in [5.41, 5.74) is 0. The molecular formula is C13H19ClN2O2. The van der Waals surface area contributed by atoms with Gasteiger partial charge >= 0.3 is 0 Å². The maximum atomic E-state index is 11.6. The molecule has 0 radical (unpaired) electrons. The Morgan fingerprint density at radius 1 is 1.39 bits per heavy atom. The van der Waals surface area contributed by atoms with Crippen LogP contribution in [0.4, 0.5) is 0 Å². The van der Waals surface area contributed by atoms with E-state index in [1.807, 2.05) is 14.0 Å². The summed E-state index contributed by atoms with van der Waals surface area (Å²) in [7, 11) is 1.83. The van der Waals surface area contributed by atoms with Crippen molar-refractivity contribution in [2.24, 2.45) is 5.92 Å². The van der Waals surface area contributed by atoms with Gasteiger partial charge in [0.25, 0.3) is 0 Å². The molecule has 0 aliphatic heterocycles. The first kappa shape index (κ1) is 14.8. The molecule has 4 nitrogen and oxygen atoms in total. The van der Waals surface area contributed by atoms with Crippen molar-refractivity contribution in [2.45, 2.75) is 6.92 Å². The van der Waals surface area contributed by atoms with E-state index in [1.54, 1.807) is 24.3 Å². The first-order valence-corrected chi connectivity index (χ1v) is 6.32. The van der Waals surface area contributed by atoms with Crippen molar-refractivity contribution in [1.29, 1.82) is 0 Å². The average Bonchev–Trinajstić information content (AvgIpc) is 2.36. The molecule has 1 unspecified atom stereocenters. The lowest BCUT2D eigenvalue weighted by Gasteiger charge is -2.12. The quantitative estimate of drug-likeness (QED) is 0.742. The lowest BCUT2D eigenvalue weighted by Crippen LogP contribution is -2.36. The molecule has 0 aliphatic carbocycles. The molecule has 0 aromatic heterocycles. The van der Waals surface area contributed by atoms with Crippen LogP contribution in [-0.4, -0.2) is 32.7 Å². The second-order valence-electron chi connectivity index (χ2n) is 4.05. The third kappa shape index (κ3) is 5.38. The molecule has 1 amide bonds. The van der Waals surface area contributed by atoms with Gasteiger partial charge in [-0.15, -0.1) is 0 Å². The van der Waals surface area contributed by atoms with Gasteiger partial charge < -0.3 is 15.4 Å². The molecule has 0 fully saturated rings. The molecular weight excluding hydrogens is 252 g/mol. The molecule has 2 N–H and O–H groups in total. The van der Waals surface area contributed by atoms with Crippen molar-refractivity contribution in [3.8, 4) is 5.75 Å². The minimum Gasteiger partial charge on any atom is -0.492 e. The SMILES string of the molecule is CNCC(C)C(=O)NCCOc1ccc(Cl)cc1. The van der Waals surface area contributed by atoms with E-state index < -0.39 is 0 Å². The maximum absolute atomic E-state index is 11.6. The van der Waals surface area contributed by atoms with Crippen LogP contribution in [0.2, 0.25) is 5.02 Å². The molecule has 18 heavy (non-hydrogen) atoms. The molecule has 0 spiro atoms. The number of rotatable bonds is 7. The molecule has 1 aromatic carbocycles. The number of nitrogens with one attached hydrogen (secondary N) is 2. The lowest BCUT2D eigenvalue weighted by atomic mass is 10.1. The average molecular weight is 271 g/mol. The molecule has 0 heterocycles. The maximum Gasteiger partial charge on any atom is 0.224 e. The second-order valence-corrected chi connectivity index (χ2v) is 4.49. The monoisotopic (exact) mass is 270 g/mol. The fourth-order valence-electron chi connectivity index (χ4n) is 1.45. The fraction of sp³-hybridized carbons (Fsp3) is 0.462. The first-order chi connectivity index (χ1) is 8.63. The molecule has 1 aromatic rings. The summed E-state index contributed by atoms with van der Waals surface area (Å²) in [6, 6.07) is 7.14. The molecule has 0 saturated heterocycles. The van der Waals surface area contributed by atoms with Crippen LogP contribution in [-0.2, 0) is 4.79 Å². The fourth-order valence-corrected chi connectivity index (χ4v) is 1.57. The van der Waals surface area contributed by atoms with Gasteiger partial charge in [-0.2, -0.15) is 0 Å². The van der Waals surface area contributed by atoms with Crippen LogP contribution in [0.25, 0.3) is 0 Å². The van der Waals surface area contributed by atoms with Gasteiger partial charge in [-0.05, 0) is 31.3 Å². The van der Waals surface area contributed by atoms with Gasteiger partial charge in [0.1, 0.15) is 12.4 Å². The highest BCUT2D eigenvalue weighted by Gasteiger charge is 2.10. The number of amides is 1. The Kier molecular flexibility index (Phi) is 6.54. The largest absolute Gasteiger partial charge is 0.492 e. The highest BCUT2D eigenvalue weighted by molar-refractivity contribution is 6.30. The van der Waals surface area contributed by atoms with Crippen LogP contribution < -0.4 is 15.4 Å². The Morgan fingerprint density at radius 2 is 2.06 bits per heavy atom. The van der Waals surface area contributed by atoms with Crippen molar-refractivity contribution < 1.29 is 9.53 Å². The summed E-state index contributed by atoms with van der Waals surface area (Å²) in [6.45, 7) is 3.49. The van der Waals surface area contributed by atoms with E-state index in [2.05, 4.69) is 10.6 Å². The summed E-state index contributed by atoms with van der Waals surface area (Å²) in [5, 5.41) is 6.46. The minimum atomic E-state index is -0.0365. The minimum absolute atomic E-state index is 0.0315. The van der Waals surface area contributed by atoms with Crippen LogP contribution in [0, 0.1) is 5.92 Å². The van der Waals surface area contributed by atoms with Gasteiger partial charge in [-0.1, -0.05) is 18.5 Å². The van der Waals surface area contributed by atoms with Crippen molar-refractivity contribution in [3.05, 3.63) is 29.3 Å². The van der Waals surface area contributed by atoms with E-state index in [4.69, 9.17) is 16.3 Å². The molecule has 0 aliphatic rings. The normalized spacial score (nSPS) is 11.9. The number of carbonyl (C=O) groups is 1. The standard InChI is InChI=1S/C13H19ClN2O2/c1-10(9-15-2)13(17)16-7-8-18-12-5-3-11(14)4-6-12/h3-6,10,15H,7-9H2,1-2H3,(H,16,17). The lowest BCUT2D eigenvalue weighted by molar-refractivity contribution is -0.124. The van der Waals surface area contributed by atoms with Crippen LogP contribution in [0.5, 0.6) is 5.75 Å². The van der Waals surface area contributed by atoms with Crippen molar-refractivity contribution in [3.63, 3.8) is 0 Å². The van der Waals surface area contributed by atoms with E-state index in [1.165, 1.54) is 0 Å². The highest BCUT2D eigenvalue weighted by atomic mass is 35.5. The number of halogens is 1. The van der Waals surface area contributed by atoms with E-state index in [0.717, 1.165) is 5.75 Å². The Bertz CT molecular complexity index is 368. The van der Waals surface area contributed by atoms with Crippen LogP contribution in [0.15, 0.2) is 24.3 Å². The van der Waals surface area contributed by atoms with E-state index in [-0.39, 0.29) is 11.8 Å². The zero-order valence-electron chi connectivity index (χ0n) is 10.7. The number of ether oxygens (including phenoxy) is 1. The number of hydrogen-bond acceptors (Lipinski definition) is 3. The Labute approximate surface area is 113 Å². The number of benzene rings is 1.